The summed E-state index contributed by atoms with van der Waals surface area (Å²) in [4.78, 5) is 23.7. The molecule has 0 radical (unpaired) electrons. The molecule has 0 amide bonds. The fraction of sp³-hybridized carbons (Fsp3) is 0.500. The fourth-order valence-corrected chi connectivity index (χ4v) is 2.63. The molecule has 0 saturated carbocycles. The minimum absolute atomic E-state index is 0.000272. The van der Waals surface area contributed by atoms with E-state index in [-0.39, 0.29) is 41.7 Å². The van der Waals surface area contributed by atoms with Gasteiger partial charge in [0.25, 0.3) is 0 Å². The molecule has 0 aromatic carbocycles. The van der Waals surface area contributed by atoms with Gasteiger partial charge in [0.05, 0.1) is 11.3 Å². The summed E-state index contributed by atoms with van der Waals surface area (Å²) in [7, 11) is 1.82. The van der Waals surface area contributed by atoms with E-state index in [1.165, 1.54) is 0 Å². The molecule has 0 spiro atoms. The van der Waals surface area contributed by atoms with Gasteiger partial charge >= 0.3 is 0 Å². The van der Waals surface area contributed by atoms with Crippen molar-refractivity contribution < 1.29 is 14.7 Å². The van der Waals surface area contributed by atoms with Crippen LogP contribution in [0.5, 0.6) is 0 Å². The van der Waals surface area contributed by atoms with Crippen molar-refractivity contribution in [3.63, 3.8) is 0 Å². The minimum Gasteiger partial charge on any atom is -0.511 e. The average molecular weight is 262 g/mol. The van der Waals surface area contributed by atoms with Crippen LogP contribution in [-0.2, 0) is 16.6 Å². The zero-order valence-corrected chi connectivity index (χ0v) is 11.4. The highest BCUT2D eigenvalue weighted by atomic mass is 16.3. The fourth-order valence-electron chi connectivity index (χ4n) is 2.63. The van der Waals surface area contributed by atoms with Gasteiger partial charge in [-0.2, -0.15) is 5.10 Å². The van der Waals surface area contributed by atoms with E-state index in [9.17, 15) is 14.7 Å². The monoisotopic (exact) mass is 262 g/mol. The van der Waals surface area contributed by atoms with Gasteiger partial charge in [-0.3, -0.25) is 14.3 Å². The summed E-state index contributed by atoms with van der Waals surface area (Å²) in [5, 5.41) is 14.2. The Morgan fingerprint density at radius 3 is 2.68 bits per heavy atom. The van der Waals surface area contributed by atoms with Crippen LogP contribution in [0.1, 0.15) is 43.4 Å². The van der Waals surface area contributed by atoms with E-state index in [4.69, 9.17) is 0 Å². The molecule has 0 fully saturated rings. The molecule has 0 aliphatic heterocycles. The summed E-state index contributed by atoms with van der Waals surface area (Å²) < 4.78 is 1.70. The number of allylic oxidation sites excluding steroid dienone is 2. The second-order valence-corrected chi connectivity index (χ2v) is 4.97. The Morgan fingerprint density at radius 1 is 1.53 bits per heavy atom. The Labute approximate surface area is 111 Å². The van der Waals surface area contributed by atoms with Crippen LogP contribution in [0.4, 0.5) is 0 Å². The van der Waals surface area contributed by atoms with E-state index in [2.05, 4.69) is 5.10 Å². The van der Waals surface area contributed by atoms with Crippen molar-refractivity contribution in [3.8, 4) is 0 Å². The lowest BCUT2D eigenvalue weighted by Crippen LogP contribution is -2.23. The van der Waals surface area contributed by atoms with Gasteiger partial charge in [0, 0.05) is 38.4 Å². The molecular formula is C14H18N2O3. The molecular weight excluding hydrogens is 244 g/mol. The van der Waals surface area contributed by atoms with Gasteiger partial charge in [0.2, 0.25) is 0 Å². The molecule has 0 bridgehead atoms. The van der Waals surface area contributed by atoms with Gasteiger partial charge in [-0.05, 0) is 12.5 Å². The molecule has 19 heavy (non-hydrogen) atoms. The number of nitrogens with zero attached hydrogens (tertiary/aromatic N) is 2. The van der Waals surface area contributed by atoms with Crippen molar-refractivity contribution in [2.24, 2.45) is 7.05 Å². The molecule has 102 valence electrons. The first kappa shape index (κ1) is 13.5. The third kappa shape index (κ3) is 2.45. The zero-order chi connectivity index (χ0) is 14.2. The number of Topliss-reactive ketones (excluding diaryl/α,β-unsaturated/α-hetero) is 2. The smallest absolute Gasteiger partial charge is 0.170 e. The van der Waals surface area contributed by atoms with Crippen molar-refractivity contribution in [3.05, 3.63) is 28.8 Å². The Morgan fingerprint density at radius 2 is 2.21 bits per heavy atom. The van der Waals surface area contributed by atoms with Gasteiger partial charge in [0.15, 0.2) is 11.6 Å². The normalized spacial score (nSPS) is 19.9. The minimum atomic E-state index is -0.274. The Kier molecular flexibility index (Phi) is 3.55. The molecule has 1 N–H and O–H groups in total. The Hall–Kier alpha value is -1.91. The van der Waals surface area contributed by atoms with E-state index in [0.717, 1.165) is 11.3 Å². The summed E-state index contributed by atoms with van der Waals surface area (Å²) in [5.74, 6) is -0.696. The van der Waals surface area contributed by atoms with Crippen LogP contribution in [0.25, 0.3) is 0 Å². The molecule has 1 heterocycles. The maximum atomic E-state index is 12.0. The van der Waals surface area contributed by atoms with Crippen LogP contribution in [0.2, 0.25) is 0 Å². The largest absolute Gasteiger partial charge is 0.511 e. The van der Waals surface area contributed by atoms with E-state index < -0.39 is 0 Å². The highest BCUT2D eigenvalue weighted by Gasteiger charge is 2.32. The van der Waals surface area contributed by atoms with Gasteiger partial charge in [0.1, 0.15) is 5.76 Å². The number of rotatable bonds is 3. The lowest BCUT2D eigenvalue weighted by molar-refractivity contribution is -0.122. The summed E-state index contributed by atoms with van der Waals surface area (Å²) in [6.07, 6.45) is 2.70. The first-order valence-electron chi connectivity index (χ1n) is 6.42. The Bertz CT molecular complexity index is 569. The zero-order valence-electron chi connectivity index (χ0n) is 11.4. The number of aryl methyl sites for hydroxylation is 2. The molecule has 1 atom stereocenters. The first-order chi connectivity index (χ1) is 8.93. The molecule has 1 aliphatic carbocycles. The highest BCUT2D eigenvalue weighted by Crippen LogP contribution is 2.35. The lowest BCUT2D eigenvalue weighted by atomic mass is 9.81. The van der Waals surface area contributed by atoms with Crippen molar-refractivity contribution in [2.45, 2.75) is 39.0 Å². The number of aliphatic hydroxyl groups excluding tert-OH is 1. The molecule has 1 aliphatic rings. The molecule has 2 rings (SSSR count). The molecule has 5 nitrogen and oxygen atoms in total. The molecule has 0 saturated heterocycles. The molecule has 1 unspecified atom stereocenters. The van der Waals surface area contributed by atoms with Crippen LogP contribution >= 0.6 is 0 Å². The van der Waals surface area contributed by atoms with Gasteiger partial charge in [-0.15, -0.1) is 0 Å². The number of hydrogen-bond donors (Lipinski definition) is 1. The van der Waals surface area contributed by atoms with Crippen molar-refractivity contribution >= 4 is 11.6 Å². The van der Waals surface area contributed by atoms with Crippen molar-refractivity contribution in [1.82, 2.24) is 9.78 Å². The number of hydrogen-bond acceptors (Lipinski definition) is 4. The lowest BCUT2D eigenvalue weighted by Gasteiger charge is -2.22. The van der Waals surface area contributed by atoms with E-state index in [1.807, 2.05) is 20.2 Å². The predicted octanol–water partition coefficient (Wildman–Crippen LogP) is 1.97. The summed E-state index contributed by atoms with van der Waals surface area (Å²) in [6.45, 7) is 3.57. The van der Waals surface area contributed by atoms with Crippen molar-refractivity contribution in [2.75, 3.05) is 0 Å². The topological polar surface area (TPSA) is 72.2 Å². The second kappa shape index (κ2) is 4.99. The number of aliphatic hydroxyl groups is 1. The van der Waals surface area contributed by atoms with E-state index in [1.54, 1.807) is 11.6 Å². The molecule has 1 aromatic heterocycles. The quantitative estimate of drug-likeness (QED) is 0.845. The van der Waals surface area contributed by atoms with Crippen LogP contribution in [0, 0.1) is 6.92 Å². The van der Waals surface area contributed by atoms with E-state index >= 15 is 0 Å². The Balaban J connectivity index is 2.32. The van der Waals surface area contributed by atoms with Crippen molar-refractivity contribution in [1.29, 1.82) is 0 Å². The van der Waals surface area contributed by atoms with Gasteiger partial charge < -0.3 is 5.11 Å². The molecule has 5 heteroatoms. The maximum Gasteiger partial charge on any atom is 0.170 e. The predicted molar refractivity (Wildman–Crippen MR) is 69.9 cm³/mol. The molecule has 1 aromatic rings. The number of carbonyl (C=O) groups is 2. The van der Waals surface area contributed by atoms with Crippen LogP contribution < -0.4 is 0 Å². The second-order valence-electron chi connectivity index (χ2n) is 4.97. The third-order valence-corrected chi connectivity index (χ3v) is 3.53. The summed E-state index contributed by atoms with van der Waals surface area (Å²) >= 11 is 0. The first-order valence-corrected chi connectivity index (χ1v) is 6.42. The summed E-state index contributed by atoms with van der Waals surface area (Å²) in [6, 6.07) is 0. The van der Waals surface area contributed by atoms with Crippen LogP contribution in [0.15, 0.2) is 17.5 Å². The number of ketones is 2. The van der Waals surface area contributed by atoms with Gasteiger partial charge in [-0.1, -0.05) is 6.92 Å². The maximum absolute atomic E-state index is 12.0. The standard InChI is InChI=1S/C14H18N2O3/c1-4-11(17)14-12(18)5-9(6-13(14)19)10-7-16(3)15-8(10)2/h7,9,18H,4-6H2,1-3H3. The average Bonchev–Trinajstić information content (AvgIpc) is 2.67. The van der Waals surface area contributed by atoms with Gasteiger partial charge in [-0.25, -0.2) is 0 Å². The third-order valence-electron chi connectivity index (χ3n) is 3.53. The highest BCUT2D eigenvalue weighted by molar-refractivity contribution is 6.21. The van der Waals surface area contributed by atoms with Crippen LogP contribution in [0.3, 0.4) is 0 Å². The number of aromatic nitrogens is 2. The number of carbonyl (C=O) groups excluding carboxylic acids is 2. The van der Waals surface area contributed by atoms with Crippen LogP contribution in [-0.4, -0.2) is 26.5 Å². The summed E-state index contributed by atoms with van der Waals surface area (Å²) in [5.41, 5.74) is 1.82. The van der Waals surface area contributed by atoms with E-state index in [0.29, 0.717) is 6.42 Å². The SMILES string of the molecule is CCC(=O)C1=C(O)CC(c2cn(C)nc2C)CC1=O.